The first kappa shape index (κ1) is 11.2. The molecule has 0 bridgehead atoms. The van der Waals surface area contributed by atoms with Gasteiger partial charge in [0.2, 0.25) is 0 Å². The monoisotopic (exact) mass is 258 g/mol. The molecule has 6 heteroatoms. The summed E-state index contributed by atoms with van der Waals surface area (Å²) in [5.74, 6) is 1.75. The predicted molar refractivity (Wildman–Crippen MR) is 73.0 cm³/mol. The van der Waals surface area contributed by atoms with Crippen LogP contribution in [0.15, 0.2) is 12.7 Å². The van der Waals surface area contributed by atoms with E-state index in [1.54, 1.807) is 12.7 Å². The Hall–Kier alpha value is -1.69. The Labute approximate surface area is 111 Å². The van der Waals surface area contributed by atoms with Crippen molar-refractivity contribution in [3.63, 3.8) is 0 Å². The Kier molecular flexibility index (Phi) is 2.61. The number of aromatic amines is 1. The van der Waals surface area contributed by atoms with Crippen LogP contribution >= 0.6 is 0 Å². The zero-order valence-electron chi connectivity index (χ0n) is 10.8. The highest BCUT2D eigenvalue weighted by molar-refractivity contribution is 5.82. The molecular formula is C13H18N6. The zero-order chi connectivity index (χ0) is 12.7. The van der Waals surface area contributed by atoms with Gasteiger partial charge in [-0.05, 0) is 31.7 Å². The van der Waals surface area contributed by atoms with E-state index in [1.807, 2.05) is 0 Å². The summed E-state index contributed by atoms with van der Waals surface area (Å²) in [6.45, 7) is 3.32. The van der Waals surface area contributed by atoms with Gasteiger partial charge >= 0.3 is 0 Å². The SMILES string of the molecule is c1nc(N2CCC3NCCCC3C2)c2[nH]cnc2n1. The Morgan fingerprint density at radius 3 is 3.21 bits per heavy atom. The molecule has 2 N–H and O–H groups in total. The summed E-state index contributed by atoms with van der Waals surface area (Å²) in [5, 5.41) is 3.65. The maximum absolute atomic E-state index is 4.46. The fourth-order valence-electron chi connectivity index (χ4n) is 3.43. The number of piperidine rings is 2. The predicted octanol–water partition coefficient (Wildman–Crippen LogP) is 0.931. The van der Waals surface area contributed by atoms with Crippen LogP contribution in [0.2, 0.25) is 0 Å². The van der Waals surface area contributed by atoms with E-state index in [4.69, 9.17) is 0 Å². The van der Waals surface area contributed by atoms with Crippen molar-refractivity contribution in [2.24, 2.45) is 5.92 Å². The summed E-state index contributed by atoms with van der Waals surface area (Å²) in [5.41, 5.74) is 1.72. The molecule has 2 atom stereocenters. The maximum Gasteiger partial charge on any atom is 0.182 e. The van der Waals surface area contributed by atoms with Crippen molar-refractivity contribution in [2.45, 2.75) is 25.3 Å². The molecule has 100 valence electrons. The molecule has 4 rings (SSSR count). The third kappa shape index (κ3) is 1.87. The minimum absolute atomic E-state index is 0.698. The van der Waals surface area contributed by atoms with Crippen LogP contribution in [0.1, 0.15) is 19.3 Å². The number of anilines is 1. The number of H-pyrrole nitrogens is 1. The van der Waals surface area contributed by atoms with Gasteiger partial charge in [-0.15, -0.1) is 0 Å². The third-order valence-corrected chi connectivity index (χ3v) is 4.39. The van der Waals surface area contributed by atoms with E-state index in [0.29, 0.717) is 6.04 Å². The number of fused-ring (bicyclic) bond motifs is 2. The van der Waals surface area contributed by atoms with Crippen LogP contribution in [0.3, 0.4) is 0 Å². The van der Waals surface area contributed by atoms with Gasteiger partial charge in [-0.1, -0.05) is 0 Å². The number of nitrogens with zero attached hydrogens (tertiary/aromatic N) is 4. The van der Waals surface area contributed by atoms with Gasteiger partial charge in [-0.25, -0.2) is 15.0 Å². The number of hydrogen-bond acceptors (Lipinski definition) is 5. The van der Waals surface area contributed by atoms with Crippen LogP contribution < -0.4 is 10.2 Å². The molecule has 2 aliphatic heterocycles. The van der Waals surface area contributed by atoms with Crippen molar-refractivity contribution >= 4 is 17.0 Å². The topological polar surface area (TPSA) is 69.7 Å². The molecule has 19 heavy (non-hydrogen) atoms. The Morgan fingerprint density at radius 2 is 2.21 bits per heavy atom. The number of rotatable bonds is 1. The molecule has 2 unspecified atom stereocenters. The molecule has 2 aromatic rings. The molecule has 0 aromatic carbocycles. The Balaban J connectivity index is 1.64. The second-order valence-electron chi connectivity index (χ2n) is 5.50. The minimum Gasteiger partial charge on any atom is -0.354 e. The van der Waals surface area contributed by atoms with E-state index in [9.17, 15) is 0 Å². The lowest BCUT2D eigenvalue weighted by Gasteiger charge is -2.42. The maximum atomic E-state index is 4.46. The fraction of sp³-hybridized carbons (Fsp3) is 0.615. The van der Waals surface area contributed by atoms with Gasteiger partial charge in [0.05, 0.1) is 6.33 Å². The summed E-state index contributed by atoms with van der Waals surface area (Å²) in [6, 6.07) is 0.698. The largest absolute Gasteiger partial charge is 0.354 e. The number of imidazole rings is 1. The average Bonchev–Trinajstić information content (AvgIpc) is 2.95. The van der Waals surface area contributed by atoms with Crippen LogP contribution in [-0.4, -0.2) is 45.6 Å². The van der Waals surface area contributed by atoms with Gasteiger partial charge in [0, 0.05) is 19.1 Å². The molecule has 2 aromatic heterocycles. The van der Waals surface area contributed by atoms with Crippen LogP contribution in [-0.2, 0) is 0 Å². The molecule has 4 heterocycles. The third-order valence-electron chi connectivity index (χ3n) is 4.39. The molecule has 0 saturated carbocycles. The van der Waals surface area contributed by atoms with Gasteiger partial charge in [0.15, 0.2) is 11.5 Å². The molecule has 6 nitrogen and oxygen atoms in total. The summed E-state index contributed by atoms with van der Waals surface area (Å²) < 4.78 is 0. The van der Waals surface area contributed by atoms with Crippen molar-refractivity contribution in [3.05, 3.63) is 12.7 Å². The van der Waals surface area contributed by atoms with E-state index in [1.165, 1.54) is 25.8 Å². The average molecular weight is 258 g/mol. The lowest BCUT2D eigenvalue weighted by atomic mass is 9.85. The Bertz CT molecular complexity index is 579. The first-order valence-corrected chi connectivity index (χ1v) is 7.04. The highest BCUT2D eigenvalue weighted by atomic mass is 15.2. The van der Waals surface area contributed by atoms with Gasteiger partial charge < -0.3 is 15.2 Å². The van der Waals surface area contributed by atoms with E-state index in [-0.39, 0.29) is 0 Å². The van der Waals surface area contributed by atoms with Crippen LogP contribution in [0.5, 0.6) is 0 Å². The molecule has 0 radical (unpaired) electrons. The van der Waals surface area contributed by atoms with E-state index >= 15 is 0 Å². The standard InChI is InChI=1S/C13H18N6/c1-2-9-6-19(5-3-10(9)14-4-1)13-11-12(16-7-15-11)17-8-18-13/h7-10,14H,1-6H2,(H,15,16,17,18). The highest BCUT2D eigenvalue weighted by Crippen LogP contribution is 2.29. The van der Waals surface area contributed by atoms with Gasteiger partial charge in [0.25, 0.3) is 0 Å². The number of aromatic nitrogens is 4. The highest BCUT2D eigenvalue weighted by Gasteiger charge is 2.32. The smallest absolute Gasteiger partial charge is 0.182 e. The molecule has 0 amide bonds. The first-order chi connectivity index (χ1) is 9.42. The van der Waals surface area contributed by atoms with E-state index in [2.05, 4.69) is 30.2 Å². The van der Waals surface area contributed by atoms with Gasteiger partial charge in [-0.2, -0.15) is 0 Å². The van der Waals surface area contributed by atoms with E-state index < -0.39 is 0 Å². The van der Waals surface area contributed by atoms with Crippen molar-refractivity contribution in [3.8, 4) is 0 Å². The van der Waals surface area contributed by atoms with Gasteiger partial charge in [-0.3, -0.25) is 0 Å². The minimum atomic E-state index is 0.698. The summed E-state index contributed by atoms with van der Waals surface area (Å²) in [7, 11) is 0. The normalized spacial score (nSPS) is 27.5. The molecule has 2 aliphatic rings. The van der Waals surface area contributed by atoms with Gasteiger partial charge in [0.1, 0.15) is 11.8 Å². The summed E-state index contributed by atoms with van der Waals surface area (Å²) >= 11 is 0. The van der Waals surface area contributed by atoms with Crippen LogP contribution in [0.4, 0.5) is 5.82 Å². The number of hydrogen-bond donors (Lipinski definition) is 2. The second-order valence-corrected chi connectivity index (χ2v) is 5.50. The molecule has 2 saturated heterocycles. The lowest BCUT2D eigenvalue weighted by Crippen LogP contribution is -2.52. The molecule has 0 spiro atoms. The molecule has 2 fully saturated rings. The quantitative estimate of drug-likeness (QED) is 0.796. The van der Waals surface area contributed by atoms with Crippen LogP contribution in [0, 0.1) is 5.92 Å². The molecule has 0 aliphatic carbocycles. The van der Waals surface area contributed by atoms with E-state index in [0.717, 1.165) is 36.0 Å². The summed E-state index contributed by atoms with van der Waals surface area (Å²) in [4.78, 5) is 18.4. The Morgan fingerprint density at radius 1 is 1.21 bits per heavy atom. The first-order valence-electron chi connectivity index (χ1n) is 7.04. The van der Waals surface area contributed by atoms with Crippen molar-refractivity contribution in [1.29, 1.82) is 0 Å². The van der Waals surface area contributed by atoms with Crippen molar-refractivity contribution < 1.29 is 0 Å². The second kappa shape index (κ2) is 4.45. The molecular weight excluding hydrogens is 240 g/mol. The lowest BCUT2D eigenvalue weighted by molar-refractivity contribution is 0.244. The van der Waals surface area contributed by atoms with Crippen molar-refractivity contribution in [1.82, 2.24) is 25.3 Å². The summed E-state index contributed by atoms with van der Waals surface area (Å²) in [6.07, 6.45) is 7.12. The van der Waals surface area contributed by atoms with Crippen LogP contribution in [0.25, 0.3) is 11.2 Å². The zero-order valence-corrected chi connectivity index (χ0v) is 10.8. The fourth-order valence-corrected chi connectivity index (χ4v) is 3.43. The number of nitrogens with one attached hydrogen (secondary N) is 2. The van der Waals surface area contributed by atoms with Crippen molar-refractivity contribution in [2.75, 3.05) is 24.5 Å².